The van der Waals surface area contributed by atoms with E-state index >= 15 is 0 Å². The van der Waals surface area contributed by atoms with E-state index in [1.165, 1.54) is 11.4 Å². The zero-order chi connectivity index (χ0) is 12.8. The molecule has 0 saturated carbocycles. The van der Waals surface area contributed by atoms with Crippen LogP contribution in [0.1, 0.15) is 38.1 Å². The van der Waals surface area contributed by atoms with Crippen LogP contribution >= 0.6 is 0 Å². The molecule has 102 valence electrons. The van der Waals surface area contributed by atoms with Crippen molar-refractivity contribution in [2.24, 2.45) is 0 Å². The Morgan fingerprint density at radius 3 is 2.78 bits per heavy atom. The number of aryl methyl sites for hydroxylation is 2. The van der Waals surface area contributed by atoms with Crippen LogP contribution in [0.4, 0.5) is 0 Å². The van der Waals surface area contributed by atoms with Crippen LogP contribution in [-0.2, 0) is 24.1 Å². The summed E-state index contributed by atoms with van der Waals surface area (Å²) in [5.74, 6) is 0. The Morgan fingerprint density at radius 2 is 2.11 bits per heavy atom. The van der Waals surface area contributed by atoms with Crippen LogP contribution in [0.15, 0.2) is 6.07 Å². The van der Waals surface area contributed by atoms with Gasteiger partial charge in [0.05, 0.1) is 12.2 Å². The summed E-state index contributed by atoms with van der Waals surface area (Å²) in [5, 5.41) is 8.24. The number of ether oxygens (including phenoxy) is 1. The number of nitrogens with one attached hydrogen (secondary N) is 1. The van der Waals surface area contributed by atoms with Gasteiger partial charge < -0.3 is 10.1 Å². The maximum atomic E-state index is 5.36. The van der Waals surface area contributed by atoms with Crippen molar-refractivity contribution >= 4 is 0 Å². The quantitative estimate of drug-likeness (QED) is 0.837. The van der Waals surface area contributed by atoms with Crippen molar-refractivity contribution in [1.29, 1.82) is 0 Å². The van der Waals surface area contributed by atoms with Gasteiger partial charge in [0.25, 0.3) is 0 Å². The summed E-state index contributed by atoms with van der Waals surface area (Å²) in [6.07, 6.45) is 4.36. The summed E-state index contributed by atoms with van der Waals surface area (Å²) in [7, 11) is 0. The Kier molecular flexibility index (Phi) is 5.20. The third kappa shape index (κ3) is 3.56. The van der Waals surface area contributed by atoms with E-state index in [0.717, 1.165) is 52.0 Å². The second kappa shape index (κ2) is 6.90. The Hall–Kier alpha value is -0.870. The van der Waals surface area contributed by atoms with Gasteiger partial charge in [0.1, 0.15) is 0 Å². The molecule has 0 unspecified atom stereocenters. The molecule has 0 radical (unpaired) electrons. The normalized spacial score (nSPS) is 17.2. The van der Waals surface area contributed by atoms with Gasteiger partial charge in [0, 0.05) is 31.5 Å². The van der Waals surface area contributed by atoms with Gasteiger partial charge in [0.2, 0.25) is 0 Å². The molecule has 2 heterocycles. The molecule has 1 fully saturated rings. The van der Waals surface area contributed by atoms with E-state index in [1.54, 1.807) is 0 Å². The molecule has 1 aliphatic heterocycles. The maximum Gasteiger partial charge on any atom is 0.0624 e. The first-order chi connectivity index (χ1) is 8.83. The topological polar surface area (TPSA) is 39.1 Å². The molecule has 0 aromatic carbocycles. The number of rotatable bonds is 6. The summed E-state index contributed by atoms with van der Waals surface area (Å²) in [4.78, 5) is 0. The van der Waals surface area contributed by atoms with E-state index in [-0.39, 0.29) is 0 Å². The predicted molar refractivity (Wildman–Crippen MR) is 72.8 cm³/mol. The van der Waals surface area contributed by atoms with Gasteiger partial charge in [-0.1, -0.05) is 13.8 Å². The van der Waals surface area contributed by atoms with Crippen LogP contribution in [0.5, 0.6) is 0 Å². The van der Waals surface area contributed by atoms with Gasteiger partial charge >= 0.3 is 0 Å². The molecule has 0 bridgehead atoms. The molecular weight excluding hydrogens is 226 g/mol. The van der Waals surface area contributed by atoms with Crippen LogP contribution in [0.2, 0.25) is 0 Å². The van der Waals surface area contributed by atoms with Gasteiger partial charge in [0.15, 0.2) is 0 Å². The highest BCUT2D eigenvalue weighted by molar-refractivity contribution is 5.10. The molecule has 0 amide bonds. The molecule has 18 heavy (non-hydrogen) atoms. The van der Waals surface area contributed by atoms with Crippen LogP contribution in [-0.4, -0.2) is 35.6 Å². The highest BCUT2D eigenvalue weighted by Crippen LogP contribution is 2.08. The van der Waals surface area contributed by atoms with Crippen molar-refractivity contribution in [3.8, 4) is 0 Å². The van der Waals surface area contributed by atoms with Crippen molar-refractivity contribution in [3.05, 3.63) is 17.5 Å². The summed E-state index contributed by atoms with van der Waals surface area (Å²) in [6.45, 7) is 8.13. The fraction of sp³-hybridized carbons (Fsp3) is 0.786. The summed E-state index contributed by atoms with van der Waals surface area (Å²) >= 11 is 0. The monoisotopic (exact) mass is 251 g/mol. The minimum absolute atomic E-state index is 0.630. The van der Waals surface area contributed by atoms with Gasteiger partial charge in [-0.15, -0.1) is 0 Å². The SMILES string of the molecule is CCc1cc(CC)n(CCNC2CCOCC2)n1. The predicted octanol–water partition coefficient (Wildman–Crippen LogP) is 1.78. The molecule has 1 aromatic rings. The van der Waals surface area contributed by atoms with Gasteiger partial charge in [-0.3, -0.25) is 4.68 Å². The van der Waals surface area contributed by atoms with E-state index in [2.05, 4.69) is 35.0 Å². The Morgan fingerprint density at radius 1 is 1.33 bits per heavy atom. The second-order valence-corrected chi connectivity index (χ2v) is 4.90. The lowest BCUT2D eigenvalue weighted by Crippen LogP contribution is -2.36. The zero-order valence-electron chi connectivity index (χ0n) is 11.6. The fourth-order valence-electron chi connectivity index (χ4n) is 2.44. The van der Waals surface area contributed by atoms with Crippen molar-refractivity contribution in [1.82, 2.24) is 15.1 Å². The Balaban J connectivity index is 1.79. The van der Waals surface area contributed by atoms with E-state index in [4.69, 9.17) is 4.74 Å². The summed E-state index contributed by atoms with van der Waals surface area (Å²) in [6, 6.07) is 2.86. The molecule has 0 aliphatic carbocycles. The first-order valence-electron chi connectivity index (χ1n) is 7.20. The molecule has 1 aromatic heterocycles. The zero-order valence-corrected chi connectivity index (χ0v) is 11.6. The minimum Gasteiger partial charge on any atom is -0.381 e. The van der Waals surface area contributed by atoms with Crippen LogP contribution in [0.3, 0.4) is 0 Å². The van der Waals surface area contributed by atoms with Gasteiger partial charge in [-0.05, 0) is 31.7 Å². The van der Waals surface area contributed by atoms with E-state index in [1.807, 2.05) is 0 Å². The number of nitrogens with zero attached hydrogens (tertiary/aromatic N) is 2. The third-order valence-corrected chi connectivity index (χ3v) is 3.62. The first-order valence-corrected chi connectivity index (χ1v) is 7.20. The first kappa shape index (κ1) is 13.6. The summed E-state index contributed by atoms with van der Waals surface area (Å²) in [5.41, 5.74) is 2.55. The molecule has 1 saturated heterocycles. The fourth-order valence-corrected chi connectivity index (χ4v) is 2.44. The van der Waals surface area contributed by atoms with E-state index in [9.17, 15) is 0 Å². The summed E-state index contributed by atoms with van der Waals surface area (Å²) < 4.78 is 7.52. The smallest absolute Gasteiger partial charge is 0.0624 e. The Bertz CT molecular complexity index is 356. The van der Waals surface area contributed by atoms with E-state index in [0.29, 0.717) is 6.04 Å². The van der Waals surface area contributed by atoms with Gasteiger partial charge in [-0.25, -0.2) is 0 Å². The molecule has 1 N–H and O–H groups in total. The standard InChI is InChI=1S/C14H25N3O/c1-3-12-11-14(4-2)17(16-12)8-7-15-13-5-9-18-10-6-13/h11,13,15H,3-10H2,1-2H3. The molecule has 4 heteroatoms. The van der Waals surface area contributed by atoms with Crippen molar-refractivity contribution in [2.75, 3.05) is 19.8 Å². The lowest BCUT2D eigenvalue weighted by atomic mass is 10.1. The average Bonchev–Trinajstić information content (AvgIpc) is 2.82. The molecule has 1 aliphatic rings. The largest absolute Gasteiger partial charge is 0.381 e. The molecule has 2 rings (SSSR count). The number of hydrogen-bond acceptors (Lipinski definition) is 3. The van der Waals surface area contributed by atoms with Gasteiger partial charge in [-0.2, -0.15) is 5.10 Å². The third-order valence-electron chi connectivity index (χ3n) is 3.62. The highest BCUT2D eigenvalue weighted by atomic mass is 16.5. The minimum atomic E-state index is 0.630. The van der Waals surface area contributed by atoms with Crippen LogP contribution in [0, 0.1) is 0 Å². The molecule has 0 spiro atoms. The van der Waals surface area contributed by atoms with Crippen molar-refractivity contribution in [3.63, 3.8) is 0 Å². The molecular formula is C14H25N3O. The van der Waals surface area contributed by atoms with Crippen LogP contribution in [0.25, 0.3) is 0 Å². The number of hydrogen-bond donors (Lipinski definition) is 1. The Labute approximate surface area is 110 Å². The number of aromatic nitrogens is 2. The second-order valence-electron chi connectivity index (χ2n) is 4.90. The average molecular weight is 251 g/mol. The van der Waals surface area contributed by atoms with Crippen molar-refractivity contribution in [2.45, 2.75) is 52.1 Å². The van der Waals surface area contributed by atoms with E-state index < -0.39 is 0 Å². The maximum absolute atomic E-state index is 5.36. The lowest BCUT2D eigenvalue weighted by Gasteiger charge is -2.23. The van der Waals surface area contributed by atoms with Crippen molar-refractivity contribution < 1.29 is 4.74 Å². The lowest BCUT2D eigenvalue weighted by molar-refractivity contribution is 0.0778. The molecule has 0 atom stereocenters. The van der Waals surface area contributed by atoms with Crippen LogP contribution < -0.4 is 5.32 Å². The molecule has 4 nitrogen and oxygen atoms in total. The highest BCUT2D eigenvalue weighted by Gasteiger charge is 2.12.